The van der Waals surface area contributed by atoms with Crippen molar-refractivity contribution in [1.82, 2.24) is 14.8 Å². The number of halogens is 3. The maximum absolute atomic E-state index is 12.9. The summed E-state index contributed by atoms with van der Waals surface area (Å²) in [6.45, 7) is 0. The van der Waals surface area contributed by atoms with Crippen molar-refractivity contribution in [2.24, 2.45) is 7.05 Å². The van der Waals surface area contributed by atoms with E-state index in [-0.39, 0.29) is 22.9 Å². The number of hydrogen-bond acceptors (Lipinski definition) is 7. The molecule has 0 bridgehead atoms. The van der Waals surface area contributed by atoms with E-state index in [0.717, 1.165) is 33.4 Å². The summed E-state index contributed by atoms with van der Waals surface area (Å²) in [6.07, 6.45) is -4.86. The molecule has 2 N–H and O–H groups in total. The molecule has 0 amide bonds. The van der Waals surface area contributed by atoms with Gasteiger partial charge in [0, 0.05) is 17.3 Å². The Morgan fingerprint density at radius 2 is 2.07 bits per heavy atom. The molecule has 0 fully saturated rings. The van der Waals surface area contributed by atoms with Crippen LogP contribution in [0.1, 0.15) is 16.3 Å². The molecule has 3 heterocycles. The lowest BCUT2D eigenvalue weighted by Crippen LogP contribution is -2.14. The highest BCUT2D eigenvalue weighted by Gasteiger charge is 2.35. The largest absolute Gasteiger partial charge is 0.481 e. The van der Waals surface area contributed by atoms with Crippen LogP contribution in [0.5, 0.6) is 0 Å². The summed E-state index contributed by atoms with van der Waals surface area (Å²) in [5.41, 5.74) is -0.577. The lowest BCUT2D eigenvalue weighted by molar-refractivity contribution is -0.143. The fourth-order valence-electron chi connectivity index (χ4n) is 2.39. The van der Waals surface area contributed by atoms with E-state index in [2.05, 4.69) is 14.8 Å². The maximum Gasteiger partial charge on any atom is 0.433 e. The van der Waals surface area contributed by atoms with Crippen molar-refractivity contribution in [2.75, 3.05) is 4.72 Å². The topological polar surface area (TPSA) is 114 Å². The van der Waals surface area contributed by atoms with E-state index in [1.165, 1.54) is 24.6 Å². The second-order valence-electron chi connectivity index (χ2n) is 5.88. The molecule has 0 unspecified atom stereocenters. The molecule has 156 valence electrons. The molecule has 3 aromatic heterocycles. The van der Waals surface area contributed by atoms with Gasteiger partial charge in [-0.05, 0) is 18.2 Å². The van der Waals surface area contributed by atoms with Gasteiger partial charge in [-0.2, -0.15) is 18.3 Å². The van der Waals surface area contributed by atoms with Gasteiger partial charge in [0.05, 0.1) is 17.0 Å². The van der Waals surface area contributed by atoms with Crippen molar-refractivity contribution in [3.8, 4) is 10.6 Å². The summed E-state index contributed by atoms with van der Waals surface area (Å²) >= 11 is 1.97. The molecule has 0 saturated carbocycles. The molecule has 0 aliphatic carbocycles. The van der Waals surface area contributed by atoms with Gasteiger partial charge >= 0.3 is 12.1 Å². The molecule has 3 aromatic rings. The standard InChI is InChI=1S/C15H13F3N4O4S3/c1-22-12(15(16,17)18)5-10(20-22)11-3-2-9(28-11)7-29(25,26)21-14-19-8(6-27-14)4-13(23)24/h2-3,5-6H,4,7H2,1H3,(H,19,21)(H,23,24). The van der Waals surface area contributed by atoms with E-state index in [9.17, 15) is 26.4 Å². The summed E-state index contributed by atoms with van der Waals surface area (Å²) in [7, 11) is -2.66. The Morgan fingerprint density at radius 1 is 1.34 bits per heavy atom. The fourth-order valence-corrected chi connectivity index (χ4v) is 5.83. The summed E-state index contributed by atoms with van der Waals surface area (Å²) < 4.78 is 66.3. The van der Waals surface area contributed by atoms with E-state index < -0.39 is 33.6 Å². The van der Waals surface area contributed by atoms with Gasteiger partial charge in [0.25, 0.3) is 0 Å². The average molecular weight is 466 g/mol. The Morgan fingerprint density at radius 3 is 2.69 bits per heavy atom. The minimum atomic E-state index is -4.54. The number of alkyl halides is 3. The maximum atomic E-state index is 12.9. The Balaban J connectivity index is 1.72. The number of aliphatic carboxylic acids is 1. The molecule has 0 spiro atoms. The van der Waals surface area contributed by atoms with Crippen molar-refractivity contribution in [3.63, 3.8) is 0 Å². The highest BCUT2D eigenvalue weighted by molar-refractivity contribution is 7.92. The summed E-state index contributed by atoms with van der Waals surface area (Å²) in [5.74, 6) is -1.50. The normalized spacial score (nSPS) is 12.3. The lowest BCUT2D eigenvalue weighted by Gasteiger charge is -2.04. The summed E-state index contributed by atoms with van der Waals surface area (Å²) in [4.78, 5) is 15.4. The van der Waals surface area contributed by atoms with Crippen LogP contribution < -0.4 is 4.72 Å². The summed E-state index contributed by atoms with van der Waals surface area (Å²) in [6, 6.07) is 3.91. The number of aryl methyl sites for hydroxylation is 1. The second kappa shape index (κ2) is 7.76. The number of sulfonamides is 1. The number of thiophene rings is 1. The van der Waals surface area contributed by atoms with Crippen LogP contribution in [0, 0.1) is 0 Å². The Labute approximate surface area is 170 Å². The molecular weight excluding hydrogens is 453 g/mol. The number of rotatable bonds is 7. The zero-order chi connectivity index (χ0) is 21.4. The van der Waals surface area contributed by atoms with Crippen LogP contribution >= 0.6 is 22.7 Å². The van der Waals surface area contributed by atoms with Crippen molar-refractivity contribution < 1.29 is 31.5 Å². The number of anilines is 1. The van der Waals surface area contributed by atoms with Crippen LogP contribution in [0.25, 0.3) is 10.6 Å². The predicted octanol–water partition coefficient (Wildman–Crippen LogP) is 3.19. The van der Waals surface area contributed by atoms with Crippen LogP contribution in [0.15, 0.2) is 23.6 Å². The first kappa shape index (κ1) is 21.3. The number of aromatic nitrogens is 3. The number of carbonyl (C=O) groups is 1. The van der Waals surface area contributed by atoms with Crippen LogP contribution in [0.4, 0.5) is 18.3 Å². The van der Waals surface area contributed by atoms with Gasteiger partial charge in [-0.3, -0.25) is 14.2 Å². The third-order valence-electron chi connectivity index (χ3n) is 3.54. The van der Waals surface area contributed by atoms with Crippen molar-refractivity contribution in [2.45, 2.75) is 18.3 Å². The van der Waals surface area contributed by atoms with Crippen LogP contribution in [-0.2, 0) is 40.2 Å². The molecule has 29 heavy (non-hydrogen) atoms. The molecular formula is C15H13F3N4O4S3. The van der Waals surface area contributed by atoms with Crippen LogP contribution in [-0.4, -0.2) is 34.3 Å². The van der Waals surface area contributed by atoms with E-state index in [1.807, 2.05) is 0 Å². The SMILES string of the molecule is Cn1nc(-c2ccc(CS(=O)(=O)Nc3nc(CC(=O)O)cs3)s2)cc1C(F)(F)F. The predicted molar refractivity (Wildman–Crippen MR) is 101 cm³/mol. The molecule has 0 aromatic carbocycles. The average Bonchev–Trinajstić information content (AvgIpc) is 3.26. The van der Waals surface area contributed by atoms with Crippen molar-refractivity contribution >= 4 is 43.8 Å². The number of nitrogens with zero attached hydrogens (tertiary/aromatic N) is 3. The molecule has 0 aliphatic rings. The van der Waals surface area contributed by atoms with Gasteiger partial charge < -0.3 is 5.11 Å². The number of carboxylic acids is 1. The molecule has 0 radical (unpaired) electrons. The highest BCUT2D eigenvalue weighted by Crippen LogP contribution is 2.34. The fraction of sp³-hybridized carbons (Fsp3) is 0.267. The molecule has 8 nitrogen and oxygen atoms in total. The lowest BCUT2D eigenvalue weighted by atomic mass is 10.3. The highest BCUT2D eigenvalue weighted by atomic mass is 32.2. The molecule has 14 heteroatoms. The van der Waals surface area contributed by atoms with Gasteiger partial charge in [-0.15, -0.1) is 22.7 Å². The Bertz CT molecular complexity index is 1150. The molecule has 0 atom stereocenters. The number of nitrogens with one attached hydrogen (secondary N) is 1. The van der Waals surface area contributed by atoms with E-state index >= 15 is 0 Å². The van der Waals surface area contributed by atoms with Crippen LogP contribution in [0.2, 0.25) is 0 Å². The van der Waals surface area contributed by atoms with Gasteiger partial charge in [0.15, 0.2) is 5.13 Å². The number of thiazole rings is 1. The third kappa shape index (κ3) is 5.33. The monoisotopic (exact) mass is 466 g/mol. The minimum Gasteiger partial charge on any atom is -0.481 e. The van der Waals surface area contributed by atoms with Gasteiger partial charge in [0.1, 0.15) is 17.1 Å². The number of carboxylic acid groups (broad SMARTS) is 1. The first-order chi connectivity index (χ1) is 13.4. The Kier molecular flexibility index (Phi) is 5.69. The van der Waals surface area contributed by atoms with Crippen molar-refractivity contribution in [3.05, 3.63) is 39.8 Å². The second-order valence-corrected chi connectivity index (χ2v) is 9.63. The zero-order valence-corrected chi connectivity index (χ0v) is 17.0. The first-order valence-corrected chi connectivity index (χ1v) is 11.1. The van der Waals surface area contributed by atoms with E-state index in [4.69, 9.17) is 5.11 Å². The van der Waals surface area contributed by atoms with E-state index in [0.29, 0.717) is 9.75 Å². The van der Waals surface area contributed by atoms with Crippen LogP contribution in [0.3, 0.4) is 0 Å². The van der Waals surface area contributed by atoms with Gasteiger partial charge in [-0.1, -0.05) is 0 Å². The van der Waals surface area contributed by atoms with Gasteiger partial charge in [0.2, 0.25) is 10.0 Å². The van der Waals surface area contributed by atoms with E-state index in [1.54, 1.807) is 0 Å². The smallest absolute Gasteiger partial charge is 0.433 e. The third-order valence-corrected chi connectivity index (χ3v) is 6.97. The minimum absolute atomic E-state index is 0.0394. The zero-order valence-electron chi connectivity index (χ0n) is 14.6. The Hall–Kier alpha value is -2.45. The summed E-state index contributed by atoms with van der Waals surface area (Å²) in [5, 5.41) is 14.0. The number of hydrogen-bond donors (Lipinski definition) is 2. The molecule has 3 rings (SSSR count). The molecule has 0 aliphatic heterocycles. The molecule has 0 saturated heterocycles. The quantitative estimate of drug-likeness (QED) is 0.553. The van der Waals surface area contributed by atoms with Crippen molar-refractivity contribution in [1.29, 1.82) is 0 Å². The van der Waals surface area contributed by atoms with Gasteiger partial charge in [-0.25, -0.2) is 13.4 Å². The first-order valence-electron chi connectivity index (χ1n) is 7.80.